The van der Waals surface area contributed by atoms with Crippen molar-refractivity contribution in [3.8, 4) is 5.75 Å². The molecule has 24 heavy (non-hydrogen) atoms. The molecule has 2 heterocycles. The van der Waals surface area contributed by atoms with Gasteiger partial charge < -0.3 is 9.64 Å². The van der Waals surface area contributed by atoms with Crippen LogP contribution in [0.3, 0.4) is 0 Å². The minimum atomic E-state index is -0.193. The molecule has 0 N–H and O–H groups in total. The van der Waals surface area contributed by atoms with Crippen molar-refractivity contribution >= 4 is 17.4 Å². The fraction of sp³-hybridized carbons (Fsp3) is 0.474. The van der Waals surface area contributed by atoms with Gasteiger partial charge >= 0.3 is 0 Å². The second kappa shape index (κ2) is 6.67. The summed E-state index contributed by atoms with van der Waals surface area (Å²) >= 11 is 0. The van der Waals surface area contributed by atoms with Crippen LogP contribution in [0.5, 0.6) is 5.75 Å². The molecule has 1 aromatic carbocycles. The Bertz CT molecular complexity index is 670. The van der Waals surface area contributed by atoms with Crippen molar-refractivity contribution in [2.24, 2.45) is 0 Å². The highest BCUT2D eigenvalue weighted by Gasteiger charge is 2.41. The molecular weight excluding hydrogens is 304 g/mol. The highest BCUT2D eigenvalue weighted by atomic mass is 16.5. The average molecular weight is 328 g/mol. The van der Waals surface area contributed by atoms with Gasteiger partial charge in [-0.1, -0.05) is 12.1 Å². The van der Waals surface area contributed by atoms with Crippen LogP contribution < -0.4 is 4.74 Å². The van der Waals surface area contributed by atoms with Crippen LogP contribution in [0, 0.1) is 0 Å². The quantitative estimate of drug-likeness (QED) is 0.780. The second-order valence-electron chi connectivity index (χ2n) is 6.46. The van der Waals surface area contributed by atoms with E-state index >= 15 is 0 Å². The molecule has 0 radical (unpaired) electrons. The Morgan fingerprint density at radius 1 is 1.04 bits per heavy atom. The lowest BCUT2D eigenvalue weighted by atomic mass is 10.0. The van der Waals surface area contributed by atoms with Crippen LogP contribution >= 0.6 is 0 Å². The summed E-state index contributed by atoms with van der Waals surface area (Å²) in [5, 5.41) is 0. The number of likely N-dealkylation sites (N-methyl/N-ethyl adjacent to an activating group) is 1. The van der Waals surface area contributed by atoms with Gasteiger partial charge in [0, 0.05) is 19.6 Å². The first-order valence-corrected chi connectivity index (χ1v) is 8.65. The van der Waals surface area contributed by atoms with E-state index < -0.39 is 0 Å². The molecule has 3 rings (SSSR count). The first-order valence-electron chi connectivity index (χ1n) is 8.65. The van der Waals surface area contributed by atoms with Gasteiger partial charge in [0.05, 0.1) is 11.7 Å². The topological polar surface area (TPSA) is 49.9 Å². The third-order valence-corrected chi connectivity index (χ3v) is 4.40. The molecule has 0 aromatic heterocycles. The van der Waals surface area contributed by atoms with E-state index in [9.17, 15) is 9.59 Å². The van der Waals surface area contributed by atoms with E-state index in [4.69, 9.17) is 4.74 Å². The number of hydrogen-bond acceptors (Lipinski definition) is 4. The molecule has 0 saturated carbocycles. The Kier molecular flexibility index (Phi) is 4.60. The molecule has 2 aliphatic heterocycles. The SMILES string of the molecule is CCN1C(=O)C(c2ccc(OC(C)C)cc2)=C(N2CCCC2)C1=O. The van der Waals surface area contributed by atoms with Crippen molar-refractivity contribution in [3.05, 3.63) is 35.5 Å². The van der Waals surface area contributed by atoms with Gasteiger partial charge in [-0.15, -0.1) is 0 Å². The number of likely N-dealkylation sites (tertiary alicyclic amines) is 1. The standard InChI is InChI=1S/C19H24N2O3/c1-4-21-18(22)16(17(19(21)23)20-11-5-6-12-20)14-7-9-15(10-8-14)24-13(2)3/h7-10,13H,4-6,11-12H2,1-3H3. The molecule has 1 fully saturated rings. The van der Waals surface area contributed by atoms with Gasteiger partial charge in [0.2, 0.25) is 0 Å². The van der Waals surface area contributed by atoms with Crippen LogP contribution in [0.15, 0.2) is 30.0 Å². The summed E-state index contributed by atoms with van der Waals surface area (Å²) in [7, 11) is 0. The van der Waals surface area contributed by atoms with Crippen LogP contribution in [0.25, 0.3) is 5.57 Å². The Morgan fingerprint density at radius 3 is 2.21 bits per heavy atom. The smallest absolute Gasteiger partial charge is 0.277 e. The summed E-state index contributed by atoms with van der Waals surface area (Å²) in [5.74, 6) is 0.407. The van der Waals surface area contributed by atoms with Crippen LogP contribution in [0.2, 0.25) is 0 Å². The van der Waals surface area contributed by atoms with Gasteiger partial charge in [0.25, 0.3) is 11.8 Å². The number of carbonyl (C=O) groups is 2. The summed E-state index contributed by atoms with van der Waals surface area (Å²) in [6.07, 6.45) is 2.22. The third kappa shape index (κ3) is 2.90. The Labute approximate surface area is 142 Å². The second-order valence-corrected chi connectivity index (χ2v) is 6.46. The molecule has 2 aliphatic rings. The zero-order chi connectivity index (χ0) is 17.3. The third-order valence-electron chi connectivity index (χ3n) is 4.40. The van der Waals surface area contributed by atoms with Crippen LogP contribution in [-0.4, -0.2) is 47.4 Å². The fourth-order valence-electron chi connectivity index (χ4n) is 3.32. The Balaban J connectivity index is 2.00. The number of hydrogen-bond donors (Lipinski definition) is 0. The number of benzene rings is 1. The number of carbonyl (C=O) groups excluding carboxylic acids is 2. The van der Waals surface area contributed by atoms with Gasteiger partial charge in [-0.3, -0.25) is 14.5 Å². The first kappa shape index (κ1) is 16.6. The number of imide groups is 1. The highest BCUT2D eigenvalue weighted by molar-refractivity contribution is 6.35. The van der Waals surface area contributed by atoms with Crippen molar-refractivity contribution in [2.75, 3.05) is 19.6 Å². The normalized spacial score (nSPS) is 18.3. The van der Waals surface area contributed by atoms with Crippen LogP contribution in [0.4, 0.5) is 0 Å². The lowest BCUT2D eigenvalue weighted by Crippen LogP contribution is -2.34. The molecule has 0 bridgehead atoms. The molecule has 5 nitrogen and oxygen atoms in total. The largest absolute Gasteiger partial charge is 0.491 e. The van der Waals surface area contributed by atoms with E-state index in [1.807, 2.05) is 45.0 Å². The number of amides is 2. The summed E-state index contributed by atoms with van der Waals surface area (Å²) in [4.78, 5) is 28.9. The molecule has 0 atom stereocenters. The highest BCUT2D eigenvalue weighted by Crippen LogP contribution is 2.33. The minimum Gasteiger partial charge on any atom is -0.491 e. The van der Waals surface area contributed by atoms with Crippen molar-refractivity contribution in [2.45, 2.75) is 39.7 Å². The van der Waals surface area contributed by atoms with Crippen LogP contribution in [0.1, 0.15) is 39.2 Å². The zero-order valence-electron chi connectivity index (χ0n) is 14.5. The Hall–Kier alpha value is -2.30. The predicted octanol–water partition coefficient (Wildman–Crippen LogP) is 2.67. The van der Waals surface area contributed by atoms with Crippen molar-refractivity contribution in [1.29, 1.82) is 0 Å². The number of rotatable bonds is 5. The van der Waals surface area contributed by atoms with Crippen molar-refractivity contribution in [3.63, 3.8) is 0 Å². The average Bonchev–Trinajstić information content (AvgIpc) is 3.14. The van der Waals surface area contributed by atoms with E-state index in [0.717, 1.165) is 37.2 Å². The van der Waals surface area contributed by atoms with Gasteiger partial charge in [-0.2, -0.15) is 0 Å². The number of nitrogens with zero attached hydrogens (tertiary/aromatic N) is 2. The van der Waals surface area contributed by atoms with E-state index in [1.165, 1.54) is 4.90 Å². The molecule has 128 valence electrons. The molecule has 2 amide bonds. The molecule has 1 aromatic rings. The summed E-state index contributed by atoms with van der Waals surface area (Å²) in [5.41, 5.74) is 1.87. The van der Waals surface area contributed by atoms with E-state index in [1.54, 1.807) is 0 Å². The van der Waals surface area contributed by atoms with Crippen molar-refractivity contribution in [1.82, 2.24) is 9.80 Å². The van der Waals surface area contributed by atoms with Crippen LogP contribution in [-0.2, 0) is 9.59 Å². The molecule has 0 aliphatic carbocycles. The molecule has 0 unspecified atom stereocenters. The summed E-state index contributed by atoms with van der Waals surface area (Å²) in [6, 6.07) is 7.45. The molecule has 1 saturated heterocycles. The van der Waals surface area contributed by atoms with Gasteiger partial charge in [-0.25, -0.2) is 0 Å². The van der Waals surface area contributed by atoms with Crippen molar-refractivity contribution < 1.29 is 14.3 Å². The van der Waals surface area contributed by atoms with Gasteiger partial charge in [0.15, 0.2) is 0 Å². The predicted molar refractivity (Wildman–Crippen MR) is 92.3 cm³/mol. The van der Waals surface area contributed by atoms with Gasteiger partial charge in [-0.05, 0) is 51.3 Å². The molecule has 5 heteroatoms. The van der Waals surface area contributed by atoms with E-state index in [2.05, 4.69) is 4.90 Å². The van der Waals surface area contributed by atoms with E-state index in [-0.39, 0.29) is 17.9 Å². The zero-order valence-corrected chi connectivity index (χ0v) is 14.5. The maximum absolute atomic E-state index is 12.8. The summed E-state index contributed by atoms with van der Waals surface area (Å²) < 4.78 is 5.66. The monoisotopic (exact) mass is 328 g/mol. The maximum Gasteiger partial charge on any atom is 0.277 e. The molecular formula is C19H24N2O3. The number of ether oxygens (including phenoxy) is 1. The lowest BCUT2D eigenvalue weighted by Gasteiger charge is -2.19. The minimum absolute atomic E-state index is 0.0977. The van der Waals surface area contributed by atoms with Gasteiger partial charge in [0.1, 0.15) is 11.4 Å². The maximum atomic E-state index is 12.8. The van der Waals surface area contributed by atoms with E-state index in [0.29, 0.717) is 17.8 Å². The first-order chi connectivity index (χ1) is 11.5. The Morgan fingerprint density at radius 2 is 1.67 bits per heavy atom. The fourth-order valence-corrected chi connectivity index (χ4v) is 3.32. The molecule has 0 spiro atoms. The summed E-state index contributed by atoms with van der Waals surface area (Å²) in [6.45, 7) is 7.85. The lowest BCUT2D eigenvalue weighted by molar-refractivity contribution is -0.137.